The number of aromatic nitrogens is 2. The Morgan fingerprint density at radius 2 is 2.00 bits per heavy atom. The van der Waals surface area contributed by atoms with Crippen LogP contribution in [0, 0.1) is 18.6 Å². The first-order valence-corrected chi connectivity index (χ1v) is 7.54. The van der Waals surface area contributed by atoms with Crippen molar-refractivity contribution in [1.29, 1.82) is 0 Å². The van der Waals surface area contributed by atoms with Gasteiger partial charge in [-0.1, -0.05) is 24.3 Å². The molecule has 3 rings (SSSR count). The molecule has 0 aliphatic carbocycles. The zero-order valence-corrected chi connectivity index (χ0v) is 13.5. The quantitative estimate of drug-likeness (QED) is 0.722. The lowest BCUT2D eigenvalue weighted by molar-refractivity contribution is 0.303. The van der Waals surface area contributed by atoms with Gasteiger partial charge in [-0.2, -0.15) is 5.10 Å². The number of anilines is 1. The van der Waals surface area contributed by atoms with E-state index in [4.69, 9.17) is 10.5 Å². The van der Waals surface area contributed by atoms with E-state index in [1.54, 1.807) is 12.4 Å². The van der Waals surface area contributed by atoms with Crippen molar-refractivity contribution in [2.45, 2.75) is 13.5 Å². The number of hydrogen-bond donors (Lipinski definition) is 1. The van der Waals surface area contributed by atoms with Crippen LogP contribution in [-0.2, 0) is 6.61 Å². The second-order valence-electron chi connectivity index (χ2n) is 5.39. The Labute approximate surface area is 143 Å². The summed E-state index contributed by atoms with van der Waals surface area (Å²) in [5, 5.41) is 4.28. The molecule has 0 saturated heterocycles. The number of aryl methyl sites for hydroxylation is 1. The fourth-order valence-electron chi connectivity index (χ4n) is 2.24. The summed E-state index contributed by atoms with van der Waals surface area (Å²) in [5.41, 5.74) is 8.17. The van der Waals surface area contributed by atoms with Crippen LogP contribution >= 0.6 is 0 Å². The van der Waals surface area contributed by atoms with Crippen LogP contribution in [0.15, 0.2) is 53.8 Å². The first-order valence-electron chi connectivity index (χ1n) is 7.54. The van der Waals surface area contributed by atoms with E-state index in [1.807, 2.05) is 31.2 Å². The number of hydrogen-bond acceptors (Lipinski definition) is 4. The molecular formula is C18H16F2N4O. The Morgan fingerprint density at radius 3 is 2.72 bits per heavy atom. The van der Waals surface area contributed by atoms with Crippen molar-refractivity contribution in [3.63, 3.8) is 0 Å². The van der Waals surface area contributed by atoms with Crippen LogP contribution < -0.4 is 10.5 Å². The van der Waals surface area contributed by atoms with Crippen LogP contribution in [0.5, 0.6) is 5.75 Å². The molecule has 3 aromatic rings. The lowest BCUT2D eigenvalue weighted by Crippen LogP contribution is -2.02. The molecule has 0 saturated carbocycles. The van der Waals surface area contributed by atoms with Crippen molar-refractivity contribution in [3.05, 3.63) is 77.1 Å². The van der Waals surface area contributed by atoms with Gasteiger partial charge in [-0.25, -0.2) is 18.4 Å². The van der Waals surface area contributed by atoms with Gasteiger partial charge in [0, 0.05) is 11.6 Å². The third-order valence-corrected chi connectivity index (χ3v) is 3.50. The highest BCUT2D eigenvalue weighted by atomic mass is 19.2. The average Bonchev–Trinajstić information content (AvgIpc) is 2.92. The minimum absolute atomic E-state index is 0.186. The summed E-state index contributed by atoms with van der Waals surface area (Å²) in [5.74, 6) is -1.31. The van der Waals surface area contributed by atoms with Crippen molar-refractivity contribution in [1.82, 2.24) is 9.66 Å². The monoisotopic (exact) mass is 342 g/mol. The van der Waals surface area contributed by atoms with Gasteiger partial charge < -0.3 is 10.5 Å². The van der Waals surface area contributed by atoms with Gasteiger partial charge in [0.1, 0.15) is 12.4 Å². The minimum atomic E-state index is -0.946. The third-order valence-electron chi connectivity index (χ3n) is 3.50. The molecule has 0 aliphatic rings. The van der Waals surface area contributed by atoms with Crippen molar-refractivity contribution in [2.75, 3.05) is 5.73 Å². The Morgan fingerprint density at radius 1 is 1.20 bits per heavy atom. The van der Waals surface area contributed by atoms with Crippen LogP contribution in [0.25, 0.3) is 0 Å². The molecule has 1 heterocycles. The first kappa shape index (κ1) is 16.6. The molecular weight excluding hydrogens is 326 g/mol. The third kappa shape index (κ3) is 4.00. The number of benzene rings is 2. The zero-order valence-electron chi connectivity index (χ0n) is 13.5. The van der Waals surface area contributed by atoms with Gasteiger partial charge in [0.2, 0.25) is 5.95 Å². The van der Waals surface area contributed by atoms with Gasteiger partial charge in [0.15, 0.2) is 11.6 Å². The fourth-order valence-corrected chi connectivity index (χ4v) is 2.24. The first-order chi connectivity index (χ1) is 12.0. The van der Waals surface area contributed by atoms with Crippen molar-refractivity contribution in [3.8, 4) is 5.75 Å². The summed E-state index contributed by atoms with van der Waals surface area (Å²) in [7, 11) is 0. The second kappa shape index (κ2) is 7.12. The molecule has 128 valence electrons. The maximum absolute atomic E-state index is 13.2. The van der Waals surface area contributed by atoms with E-state index in [9.17, 15) is 8.78 Å². The Balaban J connectivity index is 1.76. The predicted molar refractivity (Wildman–Crippen MR) is 91.5 cm³/mol. The summed E-state index contributed by atoms with van der Waals surface area (Å²) >= 11 is 0. The lowest BCUT2D eigenvalue weighted by atomic mass is 10.1. The fraction of sp³-hybridized carbons (Fsp3) is 0.111. The topological polar surface area (TPSA) is 65.4 Å². The van der Waals surface area contributed by atoms with Gasteiger partial charge in [0.05, 0.1) is 18.1 Å². The highest BCUT2D eigenvalue weighted by Crippen LogP contribution is 2.18. The van der Waals surface area contributed by atoms with Gasteiger partial charge in [-0.15, -0.1) is 0 Å². The number of rotatable bonds is 5. The van der Waals surface area contributed by atoms with Crippen LogP contribution in [0.1, 0.15) is 16.8 Å². The molecule has 0 bridgehead atoms. The van der Waals surface area contributed by atoms with Gasteiger partial charge in [0.25, 0.3) is 0 Å². The van der Waals surface area contributed by atoms with Crippen molar-refractivity contribution < 1.29 is 13.5 Å². The zero-order chi connectivity index (χ0) is 17.8. The number of nitrogens with two attached hydrogens (primary N) is 1. The standard InChI is InChI=1S/C18H16F2N4O/c1-12-10-24(18(21)23-12)22-9-13-4-2-3-5-14(13)11-25-15-6-7-16(19)17(20)8-15/h2-10H,11H2,1H3,(H2,21,23). The SMILES string of the molecule is Cc1cn(N=Cc2ccccc2COc2ccc(F)c(F)c2)c(N)n1. The van der Waals surface area contributed by atoms with E-state index in [-0.39, 0.29) is 12.4 Å². The number of nitrogen functional groups attached to an aromatic ring is 1. The highest BCUT2D eigenvalue weighted by Gasteiger charge is 2.06. The molecule has 7 heteroatoms. The van der Waals surface area contributed by atoms with E-state index >= 15 is 0 Å². The van der Waals surface area contributed by atoms with Crippen LogP contribution in [0.3, 0.4) is 0 Å². The molecule has 0 amide bonds. The van der Waals surface area contributed by atoms with Crippen LogP contribution in [0.4, 0.5) is 14.7 Å². The largest absolute Gasteiger partial charge is 0.489 e. The molecule has 5 nitrogen and oxygen atoms in total. The molecule has 2 N–H and O–H groups in total. The molecule has 0 radical (unpaired) electrons. The number of ether oxygens (including phenoxy) is 1. The highest BCUT2D eigenvalue weighted by molar-refractivity contribution is 5.81. The van der Waals surface area contributed by atoms with Crippen molar-refractivity contribution >= 4 is 12.2 Å². The van der Waals surface area contributed by atoms with E-state index in [0.717, 1.165) is 29.0 Å². The Kier molecular flexibility index (Phi) is 4.74. The molecule has 0 atom stereocenters. The van der Waals surface area contributed by atoms with E-state index in [1.165, 1.54) is 10.7 Å². The summed E-state index contributed by atoms with van der Waals surface area (Å²) in [4.78, 5) is 4.07. The molecule has 0 fully saturated rings. The molecule has 2 aromatic carbocycles. The van der Waals surface area contributed by atoms with Gasteiger partial charge in [-0.05, 0) is 24.6 Å². The molecule has 25 heavy (non-hydrogen) atoms. The minimum Gasteiger partial charge on any atom is -0.489 e. The van der Waals surface area contributed by atoms with E-state index < -0.39 is 11.6 Å². The van der Waals surface area contributed by atoms with E-state index in [0.29, 0.717) is 5.95 Å². The molecule has 0 unspecified atom stereocenters. The second-order valence-corrected chi connectivity index (χ2v) is 5.39. The Bertz CT molecular complexity index is 921. The van der Waals surface area contributed by atoms with Gasteiger partial charge in [-0.3, -0.25) is 0 Å². The van der Waals surface area contributed by atoms with Crippen molar-refractivity contribution in [2.24, 2.45) is 5.10 Å². The Hall–Kier alpha value is -3.22. The van der Waals surface area contributed by atoms with Crippen LogP contribution in [0.2, 0.25) is 0 Å². The lowest BCUT2D eigenvalue weighted by Gasteiger charge is -2.09. The van der Waals surface area contributed by atoms with Crippen LogP contribution in [-0.4, -0.2) is 15.9 Å². The van der Waals surface area contributed by atoms with Gasteiger partial charge >= 0.3 is 0 Å². The smallest absolute Gasteiger partial charge is 0.221 e. The molecule has 0 aliphatic heterocycles. The number of halogens is 2. The molecule has 0 spiro atoms. The number of imidazole rings is 1. The summed E-state index contributed by atoms with van der Waals surface area (Å²) < 4.78 is 33.2. The summed E-state index contributed by atoms with van der Waals surface area (Å²) in [6.07, 6.45) is 3.35. The predicted octanol–water partition coefficient (Wildman–Crippen LogP) is 3.51. The summed E-state index contributed by atoms with van der Waals surface area (Å²) in [6.45, 7) is 2.01. The summed E-state index contributed by atoms with van der Waals surface area (Å²) in [6, 6.07) is 10.9. The molecule has 1 aromatic heterocycles. The normalized spacial score (nSPS) is 11.2. The maximum atomic E-state index is 13.2. The van der Waals surface area contributed by atoms with E-state index in [2.05, 4.69) is 10.1 Å². The maximum Gasteiger partial charge on any atom is 0.221 e. The number of nitrogens with zero attached hydrogens (tertiary/aromatic N) is 3. The average molecular weight is 342 g/mol.